The van der Waals surface area contributed by atoms with Crippen molar-refractivity contribution in [3.63, 3.8) is 0 Å². The molecule has 8 heteroatoms. The minimum Gasteiger partial charge on any atom is -0.497 e. The Kier molecular flexibility index (Phi) is 12.2. The van der Waals surface area contributed by atoms with Gasteiger partial charge in [-0.25, -0.2) is 0 Å². The number of benzene rings is 2. The van der Waals surface area contributed by atoms with Crippen LogP contribution in [0.3, 0.4) is 0 Å². The van der Waals surface area contributed by atoms with Gasteiger partial charge < -0.3 is 24.8 Å². The molecule has 0 bridgehead atoms. The minimum absolute atomic E-state index is 0. The lowest BCUT2D eigenvalue weighted by atomic mass is 10.1. The summed E-state index contributed by atoms with van der Waals surface area (Å²) in [7, 11) is 3.41. The average Bonchev–Trinajstić information content (AvgIpc) is 2.81. The first-order valence-electron chi connectivity index (χ1n) is 10.7. The molecule has 2 N–H and O–H groups in total. The van der Waals surface area contributed by atoms with Crippen molar-refractivity contribution in [2.24, 2.45) is 4.99 Å². The Labute approximate surface area is 213 Å². The highest BCUT2D eigenvalue weighted by Crippen LogP contribution is 2.22. The molecule has 2 aromatic carbocycles. The first-order chi connectivity index (χ1) is 15.2. The van der Waals surface area contributed by atoms with Crippen LogP contribution in [-0.4, -0.2) is 46.0 Å². The van der Waals surface area contributed by atoms with Gasteiger partial charge in [-0.05, 0) is 48.1 Å². The van der Waals surface area contributed by atoms with E-state index < -0.39 is 0 Å². The maximum Gasteiger partial charge on any atom is 0.191 e. The fourth-order valence-electron chi connectivity index (χ4n) is 3.47. The van der Waals surface area contributed by atoms with Gasteiger partial charge in [0.2, 0.25) is 0 Å². The maximum absolute atomic E-state index is 6.32. The third-order valence-electron chi connectivity index (χ3n) is 5.28. The van der Waals surface area contributed by atoms with E-state index in [2.05, 4.69) is 39.9 Å². The summed E-state index contributed by atoms with van der Waals surface area (Å²) in [6.45, 7) is 3.64. The van der Waals surface area contributed by atoms with Crippen LogP contribution in [0.2, 0.25) is 5.02 Å². The van der Waals surface area contributed by atoms with Gasteiger partial charge in [-0.2, -0.15) is 0 Å². The van der Waals surface area contributed by atoms with Gasteiger partial charge >= 0.3 is 0 Å². The van der Waals surface area contributed by atoms with Crippen LogP contribution in [-0.2, 0) is 29.0 Å². The average molecular weight is 574 g/mol. The predicted octanol–water partition coefficient (Wildman–Crippen LogP) is 4.57. The van der Waals surface area contributed by atoms with Crippen LogP contribution in [0.1, 0.15) is 29.5 Å². The minimum atomic E-state index is 0. The highest BCUT2D eigenvalue weighted by Gasteiger charge is 2.14. The standard InChI is InChI=1S/C24H32ClN3O3.HI/c1-26-24(27-11-8-20-6-7-22(29-2)15-23(20)25)28-16-18-4-3-5-19(14-18)17-31-21-9-12-30-13-10-21;/h3-7,14-15,21H,8-13,16-17H2,1-2H3,(H2,26,27,28);1H. The van der Waals surface area contributed by atoms with Crippen molar-refractivity contribution in [3.8, 4) is 5.75 Å². The number of halogens is 2. The number of rotatable bonds is 9. The Hall–Kier alpha value is -1.55. The number of methoxy groups -OCH3 is 1. The number of ether oxygens (including phenoxy) is 3. The second-order valence-electron chi connectivity index (χ2n) is 7.50. The molecule has 1 aliphatic heterocycles. The van der Waals surface area contributed by atoms with Crippen LogP contribution in [0, 0.1) is 0 Å². The Morgan fingerprint density at radius 1 is 1.12 bits per heavy atom. The molecule has 0 amide bonds. The lowest BCUT2D eigenvalue weighted by Crippen LogP contribution is -2.37. The molecular weight excluding hydrogens is 541 g/mol. The van der Waals surface area contributed by atoms with Crippen LogP contribution < -0.4 is 15.4 Å². The molecule has 0 spiro atoms. The van der Waals surface area contributed by atoms with E-state index in [1.54, 1.807) is 14.2 Å². The van der Waals surface area contributed by atoms with Crippen LogP contribution in [0.25, 0.3) is 0 Å². The van der Waals surface area contributed by atoms with Crippen LogP contribution in [0.4, 0.5) is 0 Å². The number of hydrogen-bond acceptors (Lipinski definition) is 4. The molecule has 0 atom stereocenters. The molecule has 1 saturated heterocycles. The van der Waals surface area contributed by atoms with Crippen LogP contribution in [0.15, 0.2) is 47.5 Å². The summed E-state index contributed by atoms with van der Waals surface area (Å²) < 4.78 is 16.6. The Bertz CT molecular complexity index is 860. The zero-order valence-electron chi connectivity index (χ0n) is 18.7. The second-order valence-corrected chi connectivity index (χ2v) is 7.91. The van der Waals surface area contributed by atoms with Crippen molar-refractivity contribution >= 4 is 41.5 Å². The molecule has 3 rings (SSSR count). The summed E-state index contributed by atoms with van der Waals surface area (Å²) in [5.74, 6) is 1.52. The number of nitrogens with zero attached hydrogens (tertiary/aromatic N) is 1. The largest absolute Gasteiger partial charge is 0.497 e. The van der Waals surface area contributed by atoms with E-state index in [-0.39, 0.29) is 24.0 Å². The molecule has 0 aromatic heterocycles. The second kappa shape index (κ2) is 14.6. The summed E-state index contributed by atoms with van der Waals surface area (Å²) >= 11 is 6.32. The monoisotopic (exact) mass is 573 g/mol. The molecule has 176 valence electrons. The van der Waals surface area contributed by atoms with Crippen molar-refractivity contribution in [1.29, 1.82) is 0 Å². The van der Waals surface area contributed by atoms with Crippen molar-refractivity contribution in [3.05, 3.63) is 64.2 Å². The maximum atomic E-state index is 6.32. The number of aliphatic imine (C=N–C) groups is 1. The SMILES string of the molecule is CN=C(NCCc1ccc(OC)cc1Cl)NCc1cccc(COC2CCOCC2)c1.I. The van der Waals surface area contributed by atoms with Crippen molar-refractivity contribution in [2.45, 2.75) is 38.5 Å². The zero-order valence-corrected chi connectivity index (χ0v) is 21.8. The van der Waals surface area contributed by atoms with Crippen molar-refractivity contribution < 1.29 is 14.2 Å². The van der Waals surface area contributed by atoms with Gasteiger partial charge in [-0.3, -0.25) is 4.99 Å². The fourth-order valence-corrected chi connectivity index (χ4v) is 3.73. The van der Waals surface area contributed by atoms with Crippen LogP contribution in [0.5, 0.6) is 5.75 Å². The highest BCUT2D eigenvalue weighted by atomic mass is 127. The first-order valence-corrected chi connectivity index (χ1v) is 11.1. The van der Waals surface area contributed by atoms with E-state index in [1.165, 1.54) is 11.1 Å². The molecule has 0 unspecified atom stereocenters. The van der Waals surface area contributed by atoms with Gasteiger partial charge in [0.05, 0.1) is 19.8 Å². The summed E-state index contributed by atoms with van der Waals surface area (Å²) in [5, 5.41) is 7.42. The van der Waals surface area contributed by atoms with Crippen LogP contribution >= 0.6 is 35.6 Å². The van der Waals surface area contributed by atoms with Gasteiger partial charge in [0.25, 0.3) is 0 Å². The van der Waals surface area contributed by atoms with Crippen molar-refractivity contribution in [2.75, 3.05) is 33.9 Å². The van der Waals surface area contributed by atoms with Gasteiger partial charge in [0, 0.05) is 38.4 Å². The number of nitrogens with one attached hydrogen (secondary N) is 2. The van der Waals surface area contributed by atoms with Gasteiger partial charge in [0.15, 0.2) is 5.96 Å². The van der Waals surface area contributed by atoms with Crippen molar-refractivity contribution in [1.82, 2.24) is 10.6 Å². The summed E-state index contributed by atoms with van der Waals surface area (Å²) in [5.41, 5.74) is 3.44. The topological polar surface area (TPSA) is 64.1 Å². The smallest absolute Gasteiger partial charge is 0.191 e. The lowest BCUT2D eigenvalue weighted by molar-refractivity contribution is -0.0390. The molecule has 1 aliphatic rings. The first kappa shape index (κ1) is 26.7. The third-order valence-corrected chi connectivity index (χ3v) is 5.63. The van der Waals surface area contributed by atoms with E-state index in [4.69, 9.17) is 25.8 Å². The molecular formula is C24H33ClIN3O3. The Morgan fingerprint density at radius 2 is 1.91 bits per heavy atom. The Balaban J connectivity index is 0.00000363. The Morgan fingerprint density at radius 3 is 2.62 bits per heavy atom. The molecule has 0 saturated carbocycles. The lowest BCUT2D eigenvalue weighted by Gasteiger charge is -2.22. The van der Waals surface area contributed by atoms with E-state index in [1.807, 2.05) is 18.2 Å². The van der Waals surface area contributed by atoms with Gasteiger partial charge in [-0.15, -0.1) is 24.0 Å². The molecule has 6 nitrogen and oxygen atoms in total. The van der Waals surface area contributed by atoms with E-state index in [0.29, 0.717) is 24.3 Å². The summed E-state index contributed by atoms with van der Waals surface area (Å²) in [4.78, 5) is 4.31. The summed E-state index contributed by atoms with van der Waals surface area (Å²) in [6, 6.07) is 14.2. The van der Waals surface area contributed by atoms with Gasteiger partial charge in [-0.1, -0.05) is 41.9 Å². The normalized spacial score (nSPS) is 14.5. The van der Waals surface area contributed by atoms with E-state index in [9.17, 15) is 0 Å². The number of hydrogen-bond donors (Lipinski definition) is 2. The quantitative estimate of drug-likeness (QED) is 0.261. The third kappa shape index (κ3) is 8.77. The molecule has 0 radical (unpaired) electrons. The fraction of sp³-hybridized carbons (Fsp3) is 0.458. The highest BCUT2D eigenvalue weighted by molar-refractivity contribution is 14.0. The predicted molar refractivity (Wildman–Crippen MR) is 140 cm³/mol. The summed E-state index contributed by atoms with van der Waals surface area (Å²) in [6.07, 6.45) is 3.05. The zero-order chi connectivity index (χ0) is 21.9. The molecule has 1 fully saturated rings. The van der Waals surface area contributed by atoms with E-state index >= 15 is 0 Å². The van der Waals surface area contributed by atoms with Gasteiger partial charge in [0.1, 0.15) is 5.75 Å². The molecule has 2 aromatic rings. The molecule has 32 heavy (non-hydrogen) atoms. The number of guanidine groups is 1. The van der Waals surface area contributed by atoms with E-state index in [0.717, 1.165) is 56.3 Å². The molecule has 1 heterocycles. The molecule has 0 aliphatic carbocycles.